The van der Waals surface area contributed by atoms with Crippen LogP contribution < -0.4 is 5.73 Å². The number of hydrogen-bond donors (Lipinski definition) is 1. The Kier molecular flexibility index (Phi) is 6.02. The molecule has 1 heterocycles. The Balaban J connectivity index is 1.72. The second-order valence-electron chi connectivity index (χ2n) is 5.26. The number of carbonyl (C=O) groups is 1. The van der Waals surface area contributed by atoms with Crippen molar-refractivity contribution in [3.05, 3.63) is 35.9 Å². The molecule has 1 fully saturated rings. The third-order valence-corrected chi connectivity index (χ3v) is 3.69. The number of nitrogens with two attached hydrogens (primary N) is 1. The fourth-order valence-corrected chi connectivity index (χ4v) is 2.49. The molecule has 1 saturated heterocycles. The topological polar surface area (TPSA) is 55.6 Å². The quantitative estimate of drug-likeness (QED) is 0.803. The lowest BCUT2D eigenvalue weighted by molar-refractivity contribution is -0.133. The number of amides is 1. The van der Waals surface area contributed by atoms with E-state index < -0.39 is 0 Å². The third kappa shape index (κ3) is 4.62. The lowest BCUT2D eigenvalue weighted by atomic mass is 10.1. The van der Waals surface area contributed by atoms with Crippen molar-refractivity contribution in [2.45, 2.75) is 31.8 Å². The number of piperidine rings is 1. The summed E-state index contributed by atoms with van der Waals surface area (Å²) >= 11 is 0. The number of rotatable bonds is 6. The van der Waals surface area contributed by atoms with Gasteiger partial charge in [0.05, 0.1) is 12.5 Å². The zero-order valence-electron chi connectivity index (χ0n) is 12.0. The molecule has 1 aliphatic heterocycles. The van der Waals surface area contributed by atoms with E-state index in [0.29, 0.717) is 19.1 Å². The van der Waals surface area contributed by atoms with Gasteiger partial charge in [0.25, 0.3) is 0 Å². The van der Waals surface area contributed by atoms with E-state index in [2.05, 4.69) is 0 Å². The van der Waals surface area contributed by atoms with Crippen molar-refractivity contribution in [1.82, 2.24) is 4.90 Å². The van der Waals surface area contributed by atoms with Gasteiger partial charge in [-0.2, -0.15) is 0 Å². The third-order valence-electron chi connectivity index (χ3n) is 3.69. The Morgan fingerprint density at radius 1 is 1.25 bits per heavy atom. The van der Waals surface area contributed by atoms with Gasteiger partial charge in [0.2, 0.25) is 5.91 Å². The van der Waals surface area contributed by atoms with Crippen LogP contribution in [0, 0.1) is 0 Å². The largest absolute Gasteiger partial charge is 0.378 e. The molecule has 1 aromatic rings. The average Bonchev–Trinajstić information content (AvgIpc) is 2.49. The molecule has 0 unspecified atom stereocenters. The summed E-state index contributed by atoms with van der Waals surface area (Å²) in [7, 11) is 0. The van der Waals surface area contributed by atoms with Gasteiger partial charge in [-0.15, -0.1) is 0 Å². The van der Waals surface area contributed by atoms with Crippen LogP contribution in [-0.2, 0) is 16.0 Å². The van der Waals surface area contributed by atoms with Crippen molar-refractivity contribution in [1.29, 1.82) is 0 Å². The van der Waals surface area contributed by atoms with E-state index in [4.69, 9.17) is 10.5 Å². The van der Waals surface area contributed by atoms with Crippen LogP contribution in [0.25, 0.3) is 0 Å². The summed E-state index contributed by atoms with van der Waals surface area (Å²) in [6.07, 6.45) is 3.57. The minimum Gasteiger partial charge on any atom is -0.378 e. The Morgan fingerprint density at radius 2 is 1.95 bits per heavy atom. The molecule has 2 N–H and O–H groups in total. The average molecular weight is 276 g/mol. The molecule has 0 atom stereocenters. The van der Waals surface area contributed by atoms with Crippen molar-refractivity contribution < 1.29 is 9.53 Å². The predicted octanol–water partition coefficient (Wildman–Crippen LogP) is 1.59. The summed E-state index contributed by atoms with van der Waals surface area (Å²) in [4.78, 5) is 14.2. The number of carbonyl (C=O) groups excluding carboxylic acids is 1. The molecule has 4 nitrogen and oxygen atoms in total. The molecule has 0 aromatic heterocycles. The minimum absolute atomic E-state index is 0.219. The molecule has 4 heteroatoms. The summed E-state index contributed by atoms with van der Waals surface area (Å²) in [5, 5.41) is 0. The van der Waals surface area contributed by atoms with Crippen LogP contribution in [0.15, 0.2) is 30.3 Å². The Bertz CT molecular complexity index is 400. The van der Waals surface area contributed by atoms with Gasteiger partial charge in [-0.25, -0.2) is 0 Å². The first-order chi connectivity index (χ1) is 9.79. The van der Waals surface area contributed by atoms with Crippen LogP contribution in [0.4, 0.5) is 0 Å². The molecule has 0 aliphatic carbocycles. The lowest BCUT2D eigenvalue weighted by Gasteiger charge is -2.32. The van der Waals surface area contributed by atoms with Crippen LogP contribution >= 0.6 is 0 Å². The first-order valence-electron chi connectivity index (χ1n) is 7.43. The van der Waals surface area contributed by atoms with Crippen molar-refractivity contribution in [3.63, 3.8) is 0 Å². The van der Waals surface area contributed by atoms with Crippen LogP contribution in [0.5, 0.6) is 0 Å². The SMILES string of the molecule is NCCCOC1CCN(C(=O)Cc2ccccc2)CC1. The number of nitrogens with zero attached hydrogens (tertiary/aromatic N) is 1. The molecule has 2 rings (SSSR count). The molecule has 1 aliphatic rings. The van der Waals surface area contributed by atoms with Crippen LogP contribution in [0.3, 0.4) is 0 Å². The van der Waals surface area contributed by atoms with Crippen molar-refractivity contribution in [2.75, 3.05) is 26.2 Å². The zero-order chi connectivity index (χ0) is 14.2. The van der Waals surface area contributed by atoms with Gasteiger partial charge >= 0.3 is 0 Å². The zero-order valence-corrected chi connectivity index (χ0v) is 12.0. The van der Waals surface area contributed by atoms with Crippen LogP contribution in [0.2, 0.25) is 0 Å². The normalized spacial score (nSPS) is 16.4. The molecule has 0 bridgehead atoms. The van der Waals surface area contributed by atoms with Crippen molar-refractivity contribution in [2.24, 2.45) is 5.73 Å². The van der Waals surface area contributed by atoms with E-state index in [1.807, 2.05) is 35.2 Å². The van der Waals surface area contributed by atoms with Gasteiger partial charge in [-0.3, -0.25) is 4.79 Å². The number of hydrogen-bond acceptors (Lipinski definition) is 3. The van der Waals surface area contributed by atoms with E-state index in [1.54, 1.807) is 0 Å². The first kappa shape index (κ1) is 15.0. The molecule has 0 saturated carbocycles. The van der Waals surface area contributed by atoms with E-state index in [9.17, 15) is 4.79 Å². The summed E-state index contributed by atoms with van der Waals surface area (Å²) in [6.45, 7) is 3.02. The Labute approximate surface area is 120 Å². The minimum atomic E-state index is 0.219. The number of likely N-dealkylation sites (tertiary alicyclic amines) is 1. The van der Waals surface area contributed by atoms with Gasteiger partial charge in [-0.1, -0.05) is 30.3 Å². The number of benzene rings is 1. The molecule has 1 amide bonds. The van der Waals surface area contributed by atoms with Gasteiger partial charge in [0, 0.05) is 19.7 Å². The first-order valence-corrected chi connectivity index (χ1v) is 7.43. The van der Waals surface area contributed by atoms with Gasteiger partial charge in [0.15, 0.2) is 0 Å². The lowest BCUT2D eigenvalue weighted by Crippen LogP contribution is -2.41. The fourth-order valence-electron chi connectivity index (χ4n) is 2.49. The molecule has 0 radical (unpaired) electrons. The van der Waals surface area contributed by atoms with Crippen molar-refractivity contribution >= 4 is 5.91 Å². The maximum atomic E-state index is 12.2. The molecular formula is C16H24N2O2. The summed E-state index contributed by atoms with van der Waals surface area (Å²) in [6, 6.07) is 9.92. The Morgan fingerprint density at radius 3 is 2.60 bits per heavy atom. The van der Waals surface area contributed by atoms with E-state index in [-0.39, 0.29) is 5.91 Å². The smallest absolute Gasteiger partial charge is 0.226 e. The maximum Gasteiger partial charge on any atom is 0.226 e. The highest BCUT2D eigenvalue weighted by molar-refractivity contribution is 5.78. The molecular weight excluding hydrogens is 252 g/mol. The van der Waals surface area contributed by atoms with Gasteiger partial charge in [0.1, 0.15) is 0 Å². The summed E-state index contributed by atoms with van der Waals surface area (Å²) in [5.41, 5.74) is 6.53. The highest BCUT2D eigenvalue weighted by atomic mass is 16.5. The summed E-state index contributed by atoms with van der Waals surface area (Å²) < 4.78 is 5.75. The fraction of sp³-hybridized carbons (Fsp3) is 0.562. The molecule has 0 spiro atoms. The van der Waals surface area contributed by atoms with E-state index in [0.717, 1.165) is 44.5 Å². The maximum absolute atomic E-state index is 12.2. The monoisotopic (exact) mass is 276 g/mol. The van der Waals surface area contributed by atoms with Gasteiger partial charge in [-0.05, 0) is 31.4 Å². The standard InChI is InChI=1S/C16H24N2O2/c17-9-4-12-20-15-7-10-18(11-8-15)16(19)13-14-5-2-1-3-6-14/h1-3,5-6,15H,4,7-13,17H2. The summed E-state index contributed by atoms with van der Waals surface area (Å²) in [5.74, 6) is 0.219. The molecule has 110 valence electrons. The Hall–Kier alpha value is -1.39. The van der Waals surface area contributed by atoms with E-state index in [1.165, 1.54) is 0 Å². The highest BCUT2D eigenvalue weighted by Gasteiger charge is 2.22. The van der Waals surface area contributed by atoms with Gasteiger partial charge < -0.3 is 15.4 Å². The predicted molar refractivity (Wildman–Crippen MR) is 79.4 cm³/mol. The second kappa shape index (κ2) is 8.02. The van der Waals surface area contributed by atoms with Crippen molar-refractivity contribution in [3.8, 4) is 0 Å². The van der Waals surface area contributed by atoms with Crippen LogP contribution in [-0.4, -0.2) is 43.2 Å². The van der Waals surface area contributed by atoms with E-state index >= 15 is 0 Å². The number of ether oxygens (including phenoxy) is 1. The van der Waals surface area contributed by atoms with Crippen LogP contribution in [0.1, 0.15) is 24.8 Å². The highest BCUT2D eigenvalue weighted by Crippen LogP contribution is 2.15. The molecule has 1 aromatic carbocycles. The molecule has 20 heavy (non-hydrogen) atoms. The second-order valence-corrected chi connectivity index (χ2v) is 5.26.